The smallest absolute Gasteiger partial charge is 0.261 e. The molecule has 8 nitrogen and oxygen atoms in total. The van der Waals surface area contributed by atoms with E-state index in [1.54, 1.807) is 30.3 Å². The molecule has 2 aromatic carbocycles. The van der Waals surface area contributed by atoms with Crippen LogP contribution in [0.1, 0.15) is 31.1 Å². The third kappa shape index (κ3) is 3.04. The van der Waals surface area contributed by atoms with E-state index >= 15 is 0 Å². The third-order valence-electron chi connectivity index (χ3n) is 4.09. The van der Waals surface area contributed by atoms with Crippen molar-refractivity contribution in [3.8, 4) is 0 Å². The summed E-state index contributed by atoms with van der Waals surface area (Å²) in [6, 6.07) is 9.68. The Labute approximate surface area is 162 Å². The highest BCUT2D eigenvalue weighted by Crippen LogP contribution is 2.24. The lowest BCUT2D eigenvalue weighted by Gasteiger charge is -2.10. The van der Waals surface area contributed by atoms with Gasteiger partial charge in [0.25, 0.3) is 17.7 Å². The molecule has 0 saturated heterocycles. The highest BCUT2D eigenvalue weighted by atomic mass is 32.1. The zero-order valence-electron chi connectivity index (χ0n) is 13.8. The summed E-state index contributed by atoms with van der Waals surface area (Å²) in [6.07, 6.45) is 0. The molecule has 134 valence electrons. The fourth-order valence-corrected chi connectivity index (χ4v) is 3.43. The Morgan fingerprint density at radius 2 is 1.78 bits per heavy atom. The first-order valence-corrected chi connectivity index (χ1v) is 8.89. The number of anilines is 1. The Hall–Kier alpha value is -3.24. The largest absolute Gasteiger partial charge is 0.332 e. The van der Waals surface area contributed by atoms with Gasteiger partial charge in [0, 0.05) is 18.3 Å². The number of nitrogens with zero attached hydrogens (tertiary/aromatic N) is 3. The molecule has 1 aliphatic heterocycles. The van der Waals surface area contributed by atoms with E-state index in [9.17, 15) is 14.4 Å². The highest BCUT2D eigenvalue weighted by Gasteiger charge is 2.32. The van der Waals surface area contributed by atoms with Crippen LogP contribution in [-0.4, -0.2) is 43.5 Å². The molecular weight excluding hydrogens is 386 g/mol. The first kappa shape index (κ1) is 17.2. The van der Waals surface area contributed by atoms with Crippen LogP contribution in [0, 0.1) is 0 Å². The third-order valence-corrected chi connectivity index (χ3v) is 4.85. The van der Waals surface area contributed by atoms with Crippen LogP contribution >= 0.6 is 23.9 Å². The van der Waals surface area contributed by atoms with Gasteiger partial charge in [-0.1, -0.05) is 0 Å². The molecule has 0 atom stereocenters. The van der Waals surface area contributed by atoms with Crippen molar-refractivity contribution >= 4 is 63.5 Å². The number of imide groups is 1. The lowest BCUT2D eigenvalue weighted by Crippen LogP contribution is -2.34. The Kier molecular flexibility index (Phi) is 4.13. The topological polar surface area (TPSA) is 104 Å². The molecule has 0 radical (unpaired) electrons. The number of amides is 3. The molecular formula is C17H11N5O3S2. The summed E-state index contributed by atoms with van der Waals surface area (Å²) in [5.41, 5.74) is 2.89. The van der Waals surface area contributed by atoms with Crippen molar-refractivity contribution in [2.24, 2.45) is 0 Å². The fraction of sp³-hybridized carbons (Fsp3) is 0.0588. The van der Waals surface area contributed by atoms with Crippen LogP contribution in [-0.2, 0) is 0 Å². The molecule has 3 amide bonds. The number of rotatable bonds is 2. The minimum absolute atomic E-state index is 0.0709. The van der Waals surface area contributed by atoms with Gasteiger partial charge in [-0.25, -0.2) is 0 Å². The maximum absolute atomic E-state index is 12.3. The van der Waals surface area contributed by atoms with E-state index in [1.165, 1.54) is 13.1 Å². The number of hydrogen-bond donors (Lipinski definition) is 2. The molecule has 0 saturated carbocycles. The molecule has 2 heterocycles. The van der Waals surface area contributed by atoms with Gasteiger partial charge in [-0.3, -0.25) is 24.6 Å². The van der Waals surface area contributed by atoms with Crippen LogP contribution in [0.4, 0.5) is 5.69 Å². The highest BCUT2D eigenvalue weighted by molar-refractivity contribution is 7.80. The van der Waals surface area contributed by atoms with Crippen molar-refractivity contribution in [1.29, 1.82) is 0 Å². The predicted molar refractivity (Wildman–Crippen MR) is 104 cm³/mol. The molecule has 10 heteroatoms. The summed E-state index contributed by atoms with van der Waals surface area (Å²) in [7, 11) is 1.43. The lowest BCUT2D eigenvalue weighted by molar-refractivity contribution is 0.0692. The quantitative estimate of drug-likeness (QED) is 0.504. The summed E-state index contributed by atoms with van der Waals surface area (Å²) in [5, 5.41) is 5.49. The van der Waals surface area contributed by atoms with E-state index < -0.39 is 5.91 Å². The van der Waals surface area contributed by atoms with Crippen molar-refractivity contribution in [1.82, 2.24) is 19.0 Å². The van der Waals surface area contributed by atoms with Crippen molar-refractivity contribution in [3.05, 3.63) is 53.1 Å². The first-order valence-electron chi connectivity index (χ1n) is 7.75. The second kappa shape index (κ2) is 6.49. The number of benzene rings is 2. The summed E-state index contributed by atoms with van der Waals surface area (Å²) < 4.78 is 8.19. The average molecular weight is 397 g/mol. The Morgan fingerprint density at radius 1 is 1.04 bits per heavy atom. The van der Waals surface area contributed by atoms with Gasteiger partial charge in [-0.05, 0) is 48.6 Å². The molecule has 4 rings (SSSR count). The second-order valence-electron chi connectivity index (χ2n) is 5.81. The number of hydrogen-bond acceptors (Lipinski definition) is 7. The number of thiocarbonyl (C=S) groups is 1. The van der Waals surface area contributed by atoms with Crippen molar-refractivity contribution in [2.75, 3.05) is 12.4 Å². The van der Waals surface area contributed by atoms with Gasteiger partial charge in [0.05, 0.1) is 22.9 Å². The Bertz CT molecular complexity index is 1140. The number of carbonyl (C=O) groups is 3. The monoisotopic (exact) mass is 397 g/mol. The molecule has 0 spiro atoms. The SMILES string of the molecule is CN1C(=O)c2ccc(NC(=S)NC(=O)c3ccc4nsnc4c3)cc2C1=O. The molecule has 1 aliphatic rings. The van der Waals surface area contributed by atoms with E-state index in [-0.39, 0.29) is 16.9 Å². The molecule has 0 unspecified atom stereocenters. The van der Waals surface area contributed by atoms with E-state index in [0.717, 1.165) is 22.1 Å². The summed E-state index contributed by atoms with van der Waals surface area (Å²) in [6.45, 7) is 0. The summed E-state index contributed by atoms with van der Waals surface area (Å²) in [4.78, 5) is 37.4. The molecule has 0 fully saturated rings. The van der Waals surface area contributed by atoms with Crippen LogP contribution in [0.2, 0.25) is 0 Å². The normalized spacial score (nSPS) is 13.0. The van der Waals surface area contributed by atoms with Crippen molar-refractivity contribution in [2.45, 2.75) is 0 Å². The van der Waals surface area contributed by atoms with Gasteiger partial charge in [0.15, 0.2) is 5.11 Å². The maximum atomic E-state index is 12.3. The minimum atomic E-state index is -0.394. The van der Waals surface area contributed by atoms with Crippen LogP contribution in [0.25, 0.3) is 11.0 Å². The van der Waals surface area contributed by atoms with E-state index in [2.05, 4.69) is 19.4 Å². The van der Waals surface area contributed by atoms with Crippen LogP contribution < -0.4 is 10.6 Å². The fourth-order valence-electron chi connectivity index (χ4n) is 2.70. The number of fused-ring (bicyclic) bond motifs is 2. The zero-order chi connectivity index (χ0) is 19.1. The first-order chi connectivity index (χ1) is 12.9. The predicted octanol–water partition coefficient (Wildman–Crippen LogP) is 2.04. The van der Waals surface area contributed by atoms with Crippen LogP contribution in [0.15, 0.2) is 36.4 Å². The zero-order valence-corrected chi connectivity index (χ0v) is 15.5. The lowest BCUT2D eigenvalue weighted by atomic mass is 10.1. The molecule has 0 bridgehead atoms. The Balaban J connectivity index is 1.47. The van der Waals surface area contributed by atoms with E-state index in [4.69, 9.17) is 12.2 Å². The minimum Gasteiger partial charge on any atom is -0.332 e. The van der Waals surface area contributed by atoms with Crippen LogP contribution in [0.5, 0.6) is 0 Å². The molecule has 1 aromatic heterocycles. The standard InChI is InChI=1S/C17H11N5O3S2/c1-22-15(24)10-4-3-9(7-11(10)16(22)25)18-17(26)19-14(23)8-2-5-12-13(6-8)21-27-20-12/h2-7H,1H3,(H2,18,19,23,26). The Morgan fingerprint density at radius 3 is 2.59 bits per heavy atom. The molecule has 0 aliphatic carbocycles. The molecule has 27 heavy (non-hydrogen) atoms. The second-order valence-corrected chi connectivity index (χ2v) is 6.74. The van der Waals surface area contributed by atoms with E-state index in [1.807, 2.05) is 0 Å². The number of aromatic nitrogens is 2. The van der Waals surface area contributed by atoms with Crippen molar-refractivity contribution in [3.63, 3.8) is 0 Å². The number of carbonyl (C=O) groups excluding carboxylic acids is 3. The van der Waals surface area contributed by atoms with Gasteiger partial charge in [-0.2, -0.15) is 8.75 Å². The summed E-state index contributed by atoms with van der Waals surface area (Å²) >= 11 is 6.24. The summed E-state index contributed by atoms with van der Waals surface area (Å²) in [5.74, 6) is -1.11. The number of nitrogens with one attached hydrogen (secondary N) is 2. The molecule has 3 aromatic rings. The molecule has 2 N–H and O–H groups in total. The maximum Gasteiger partial charge on any atom is 0.261 e. The van der Waals surface area contributed by atoms with Gasteiger partial charge >= 0.3 is 0 Å². The van der Waals surface area contributed by atoms with Gasteiger partial charge in [-0.15, -0.1) is 0 Å². The van der Waals surface area contributed by atoms with E-state index in [0.29, 0.717) is 27.9 Å². The van der Waals surface area contributed by atoms with Gasteiger partial charge in [0.2, 0.25) is 0 Å². The van der Waals surface area contributed by atoms with Gasteiger partial charge < -0.3 is 5.32 Å². The average Bonchev–Trinajstić information content (AvgIpc) is 3.20. The van der Waals surface area contributed by atoms with Gasteiger partial charge in [0.1, 0.15) is 11.0 Å². The van der Waals surface area contributed by atoms with Crippen molar-refractivity contribution < 1.29 is 14.4 Å². The van der Waals surface area contributed by atoms with Crippen LogP contribution in [0.3, 0.4) is 0 Å².